The van der Waals surface area contributed by atoms with Gasteiger partial charge in [-0.3, -0.25) is 0 Å². The topological polar surface area (TPSA) is 24.8 Å². The summed E-state index contributed by atoms with van der Waals surface area (Å²) in [6.45, 7) is 6.92. The van der Waals surface area contributed by atoms with Gasteiger partial charge in [0, 0.05) is 35.1 Å². The number of hydrogen-bond acceptors (Lipinski definition) is 4. The highest BCUT2D eigenvalue weighted by Gasteiger charge is 2.30. The van der Waals surface area contributed by atoms with Crippen LogP contribution in [0.1, 0.15) is 37.5 Å². The van der Waals surface area contributed by atoms with Gasteiger partial charge in [0.2, 0.25) is 5.90 Å². The highest BCUT2D eigenvalue weighted by atomic mass is 32.2. The van der Waals surface area contributed by atoms with Crippen molar-refractivity contribution in [2.75, 3.05) is 25.6 Å². The number of nitrogens with zero attached hydrogens (tertiary/aromatic N) is 2. The minimum atomic E-state index is -0.197. The number of benzene rings is 3. The summed E-state index contributed by atoms with van der Waals surface area (Å²) in [6.07, 6.45) is 2.16. The third kappa shape index (κ3) is 3.63. The molecule has 0 saturated carbocycles. The van der Waals surface area contributed by atoms with E-state index < -0.39 is 0 Å². The second-order valence-electron chi connectivity index (χ2n) is 9.16. The monoisotopic (exact) mass is 440 g/mol. The molecule has 32 heavy (non-hydrogen) atoms. The molecule has 4 heteroatoms. The van der Waals surface area contributed by atoms with Crippen LogP contribution in [0, 0.1) is 0 Å². The third-order valence-electron chi connectivity index (χ3n) is 5.97. The average Bonchev–Trinajstić information content (AvgIpc) is 3.16. The van der Waals surface area contributed by atoms with Crippen molar-refractivity contribution in [2.24, 2.45) is 4.99 Å². The Morgan fingerprint density at radius 1 is 0.938 bits per heavy atom. The molecule has 3 nitrogen and oxygen atoms in total. The maximum atomic E-state index is 6.07. The van der Waals surface area contributed by atoms with E-state index in [4.69, 9.17) is 9.73 Å². The van der Waals surface area contributed by atoms with Crippen molar-refractivity contribution < 1.29 is 4.74 Å². The number of anilines is 1. The highest BCUT2D eigenvalue weighted by Crippen LogP contribution is 2.41. The largest absolute Gasteiger partial charge is 0.475 e. The van der Waals surface area contributed by atoms with Crippen LogP contribution in [0.2, 0.25) is 0 Å². The number of rotatable bonds is 3. The van der Waals surface area contributed by atoms with Crippen LogP contribution < -0.4 is 15.3 Å². The van der Waals surface area contributed by atoms with Gasteiger partial charge < -0.3 is 9.64 Å². The lowest BCUT2D eigenvalue weighted by Crippen LogP contribution is -2.21. The maximum Gasteiger partial charge on any atom is 0.217 e. The van der Waals surface area contributed by atoms with E-state index in [-0.39, 0.29) is 5.54 Å². The summed E-state index contributed by atoms with van der Waals surface area (Å²) in [7, 11) is 4.18. The molecule has 0 N–H and O–H groups in total. The lowest BCUT2D eigenvalue weighted by Gasteiger charge is -2.24. The molecule has 162 valence electrons. The number of ether oxygens (including phenoxy) is 1. The van der Waals surface area contributed by atoms with E-state index >= 15 is 0 Å². The smallest absolute Gasteiger partial charge is 0.217 e. The summed E-state index contributed by atoms with van der Waals surface area (Å²) in [5, 5.41) is 2.50. The Balaban J connectivity index is 1.82. The first kappa shape index (κ1) is 20.9. The molecule has 2 aliphatic heterocycles. The maximum absolute atomic E-state index is 6.07. The molecule has 2 heterocycles. The Morgan fingerprint density at radius 2 is 1.72 bits per heavy atom. The summed E-state index contributed by atoms with van der Waals surface area (Å²) in [5.74, 6) is 0.739. The number of fused-ring (bicyclic) bond motifs is 2. The summed E-state index contributed by atoms with van der Waals surface area (Å²) in [4.78, 5) is 9.60. The first-order chi connectivity index (χ1) is 15.4. The van der Waals surface area contributed by atoms with Crippen LogP contribution in [-0.2, 0) is 4.74 Å². The fraction of sp³-hybridized carbons (Fsp3) is 0.250. The predicted molar refractivity (Wildman–Crippen MR) is 135 cm³/mol. The Hall–Kier alpha value is -2.98. The molecule has 0 amide bonds. The Morgan fingerprint density at radius 3 is 2.41 bits per heavy atom. The molecule has 3 aromatic carbocycles. The molecular formula is C28H28N2OS. The van der Waals surface area contributed by atoms with E-state index in [0.717, 1.165) is 17.0 Å². The van der Waals surface area contributed by atoms with E-state index in [0.29, 0.717) is 6.61 Å². The van der Waals surface area contributed by atoms with E-state index in [1.54, 1.807) is 0 Å². The zero-order chi connectivity index (χ0) is 22.5. The Labute approximate surface area is 194 Å². The SMILES string of the molecule is CC=c1ccc2c(c1)Sc1cc(N(C)C)ccc1C=2c1ccccc1C1=NC(C)(C)CO1. The van der Waals surface area contributed by atoms with Gasteiger partial charge >= 0.3 is 0 Å². The van der Waals surface area contributed by atoms with Gasteiger partial charge in [-0.25, -0.2) is 4.99 Å². The second-order valence-corrected chi connectivity index (χ2v) is 10.2. The summed E-state index contributed by atoms with van der Waals surface area (Å²) in [6, 6.07) is 22.0. The van der Waals surface area contributed by atoms with Gasteiger partial charge in [-0.05, 0) is 72.2 Å². The quantitative estimate of drug-likeness (QED) is 0.457. The van der Waals surface area contributed by atoms with Crippen molar-refractivity contribution in [3.8, 4) is 0 Å². The zero-order valence-corrected chi connectivity index (χ0v) is 20.1. The first-order valence-electron chi connectivity index (χ1n) is 11.0. The van der Waals surface area contributed by atoms with Crippen LogP contribution in [0.5, 0.6) is 0 Å². The van der Waals surface area contributed by atoms with Gasteiger partial charge in [-0.2, -0.15) is 0 Å². The van der Waals surface area contributed by atoms with E-state index in [9.17, 15) is 0 Å². The van der Waals surface area contributed by atoms with Crippen molar-refractivity contribution >= 4 is 35.0 Å². The van der Waals surface area contributed by atoms with Crippen LogP contribution in [0.3, 0.4) is 0 Å². The molecule has 0 fully saturated rings. The summed E-state index contributed by atoms with van der Waals surface area (Å²) in [5.41, 5.74) is 5.73. The average molecular weight is 441 g/mol. The Kier molecular flexibility index (Phi) is 5.13. The molecular weight excluding hydrogens is 412 g/mol. The van der Waals surface area contributed by atoms with Crippen molar-refractivity contribution in [3.05, 3.63) is 87.8 Å². The van der Waals surface area contributed by atoms with E-state index in [1.165, 1.54) is 37.1 Å². The molecule has 0 atom stereocenters. The van der Waals surface area contributed by atoms with Crippen molar-refractivity contribution in [1.82, 2.24) is 0 Å². The van der Waals surface area contributed by atoms with Gasteiger partial charge in [-0.15, -0.1) is 0 Å². The standard InChI is InChI=1S/C28H28N2OS/c1-6-18-11-13-22-24(15-18)32-25-16-19(30(4)5)12-14-23(25)26(22)20-9-7-8-10-21(20)27-29-28(2,3)17-31-27/h6-16H,17H2,1-5H3. The zero-order valence-electron chi connectivity index (χ0n) is 19.3. The van der Waals surface area contributed by atoms with Crippen LogP contribution in [0.15, 0.2) is 75.4 Å². The van der Waals surface area contributed by atoms with Crippen molar-refractivity contribution in [1.29, 1.82) is 0 Å². The van der Waals surface area contributed by atoms with Crippen LogP contribution in [-0.4, -0.2) is 32.1 Å². The van der Waals surface area contributed by atoms with Gasteiger partial charge in [0.25, 0.3) is 0 Å². The lowest BCUT2D eigenvalue weighted by molar-refractivity contribution is 0.279. The summed E-state index contributed by atoms with van der Waals surface area (Å²) < 4.78 is 6.07. The first-order valence-corrected chi connectivity index (χ1v) is 11.8. The number of aliphatic imine (C=N–C) groups is 1. The molecule has 3 aromatic rings. The van der Waals surface area contributed by atoms with E-state index in [1.807, 2.05) is 11.8 Å². The highest BCUT2D eigenvalue weighted by molar-refractivity contribution is 7.99. The van der Waals surface area contributed by atoms with Crippen LogP contribution in [0.4, 0.5) is 5.69 Å². The van der Waals surface area contributed by atoms with Crippen molar-refractivity contribution in [3.63, 3.8) is 0 Å². The predicted octanol–water partition coefficient (Wildman–Crippen LogP) is 4.82. The minimum Gasteiger partial charge on any atom is -0.475 e. The fourth-order valence-electron chi connectivity index (χ4n) is 4.25. The van der Waals surface area contributed by atoms with Crippen molar-refractivity contribution in [2.45, 2.75) is 36.1 Å². The minimum absolute atomic E-state index is 0.197. The Bertz CT molecular complexity index is 1370. The lowest BCUT2D eigenvalue weighted by atomic mass is 9.91. The molecule has 0 saturated heterocycles. The van der Waals surface area contributed by atoms with E-state index in [2.05, 4.69) is 107 Å². The second kappa shape index (κ2) is 7.86. The van der Waals surface area contributed by atoms with Gasteiger partial charge in [-0.1, -0.05) is 54.2 Å². The fourth-order valence-corrected chi connectivity index (χ4v) is 5.43. The van der Waals surface area contributed by atoms with Gasteiger partial charge in [0.05, 0.1) is 5.54 Å². The molecule has 0 aliphatic carbocycles. The van der Waals surface area contributed by atoms with Gasteiger partial charge in [0.15, 0.2) is 0 Å². The molecule has 5 rings (SSSR count). The molecule has 0 aromatic heterocycles. The number of hydrogen-bond donors (Lipinski definition) is 0. The van der Waals surface area contributed by atoms with Crippen LogP contribution >= 0.6 is 11.8 Å². The third-order valence-corrected chi connectivity index (χ3v) is 7.09. The van der Waals surface area contributed by atoms with Crippen LogP contribution in [0.25, 0.3) is 11.6 Å². The molecule has 0 bridgehead atoms. The van der Waals surface area contributed by atoms with Gasteiger partial charge in [0.1, 0.15) is 6.61 Å². The molecule has 0 spiro atoms. The molecule has 0 unspecified atom stereocenters. The summed E-state index contributed by atoms with van der Waals surface area (Å²) >= 11 is 1.85. The molecule has 2 aliphatic rings. The molecule has 0 radical (unpaired) electrons. The normalized spacial score (nSPS) is 16.8.